The summed E-state index contributed by atoms with van der Waals surface area (Å²) in [6, 6.07) is 0. The van der Waals surface area contributed by atoms with E-state index in [9.17, 15) is 8.42 Å². The van der Waals surface area contributed by atoms with Gasteiger partial charge in [-0.2, -0.15) is 0 Å². The van der Waals surface area contributed by atoms with Crippen LogP contribution in [0, 0.1) is 0 Å². The van der Waals surface area contributed by atoms with Gasteiger partial charge in [0.15, 0.2) is 0 Å². The minimum absolute atomic E-state index is 0.259. The van der Waals surface area contributed by atoms with E-state index >= 15 is 0 Å². The molecule has 0 spiro atoms. The second-order valence-corrected chi connectivity index (χ2v) is 7.87. The Morgan fingerprint density at radius 2 is 1.87 bits per heavy atom. The van der Waals surface area contributed by atoms with E-state index in [-0.39, 0.29) is 11.9 Å². The molecule has 0 amide bonds. The Balaban J connectivity index is 4.53. The second-order valence-electron chi connectivity index (χ2n) is 4.45. The first-order valence-electron chi connectivity index (χ1n) is 4.72. The number of hydrogen-bond donors (Lipinski definition) is 0. The average molecular weight is 258 g/mol. The molecule has 4 nitrogen and oxygen atoms in total. The number of rotatable bonds is 5. The van der Waals surface area contributed by atoms with Gasteiger partial charge in [0.05, 0.1) is 16.7 Å². The summed E-state index contributed by atoms with van der Waals surface area (Å²) >= 11 is 5.90. The normalized spacial score (nSPS) is 15.7. The molecule has 0 aliphatic rings. The van der Waals surface area contributed by atoms with Crippen LogP contribution in [-0.4, -0.2) is 50.2 Å². The van der Waals surface area contributed by atoms with E-state index < -0.39 is 14.8 Å². The average Bonchev–Trinajstić information content (AvgIpc) is 2.02. The van der Waals surface area contributed by atoms with Crippen LogP contribution in [0.4, 0.5) is 0 Å². The number of hydrogen-bond acceptors (Lipinski definition) is 3. The molecule has 6 heteroatoms. The fourth-order valence-electron chi connectivity index (χ4n) is 1.08. The molecule has 1 unspecified atom stereocenters. The van der Waals surface area contributed by atoms with E-state index in [2.05, 4.69) is 0 Å². The predicted octanol–water partition coefficient (Wildman–Crippen LogP) is 1.30. The van der Waals surface area contributed by atoms with Crippen molar-refractivity contribution in [1.29, 1.82) is 0 Å². The lowest BCUT2D eigenvalue weighted by Crippen LogP contribution is -2.43. The minimum Gasteiger partial charge on any atom is -0.383 e. The van der Waals surface area contributed by atoms with Gasteiger partial charge < -0.3 is 4.74 Å². The Morgan fingerprint density at radius 1 is 1.40 bits per heavy atom. The molecule has 0 aliphatic heterocycles. The van der Waals surface area contributed by atoms with Gasteiger partial charge in [-0.25, -0.2) is 12.7 Å². The third-order valence-corrected chi connectivity index (χ3v) is 4.77. The van der Waals surface area contributed by atoms with Crippen LogP contribution in [-0.2, 0) is 14.8 Å². The van der Waals surface area contributed by atoms with E-state index in [0.717, 1.165) is 0 Å². The Kier molecular flexibility index (Phi) is 5.54. The summed E-state index contributed by atoms with van der Waals surface area (Å²) in [7, 11) is -0.228. The van der Waals surface area contributed by atoms with Crippen LogP contribution in [0.2, 0.25) is 0 Å². The number of methoxy groups -OCH3 is 1. The highest BCUT2D eigenvalue weighted by Gasteiger charge is 2.33. The predicted molar refractivity (Wildman–Crippen MR) is 62.8 cm³/mol. The molecule has 92 valence electrons. The Hall–Kier alpha value is 0.160. The van der Waals surface area contributed by atoms with Crippen molar-refractivity contribution in [1.82, 2.24) is 4.31 Å². The Labute approximate surface area is 97.6 Å². The summed E-state index contributed by atoms with van der Waals surface area (Å²) in [4.78, 5) is 0. The van der Waals surface area contributed by atoms with E-state index in [1.807, 2.05) is 0 Å². The summed E-state index contributed by atoms with van der Waals surface area (Å²) in [5.41, 5.74) is 0. The van der Waals surface area contributed by atoms with Crippen molar-refractivity contribution in [2.75, 3.05) is 27.3 Å². The molecule has 0 bridgehead atoms. The maximum atomic E-state index is 11.9. The molecule has 0 aromatic rings. The fraction of sp³-hybridized carbons (Fsp3) is 1.00. The zero-order valence-electron chi connectivity index (χ0n) is 9.95. The molecule has 1 atom stereocenters. The van der Waals surface area contributed by atoms with Crippen molar-refractivity contribution in [3.8, 4) is 0 Å². The largest absolute Gasteiger partial charge is 0.383 e. The summed E-state index contributed by atoms with van der Waals surface area (Å²) in [6.07, 6.45) is 0. The van der Waals surface area contributed by atoms with Crippen LogP contribution < -0.4 is 0 Å². The lowest BCUT2D eigenvalue weighted by Gasteiger charge is -2.28. The van der Waals surface area contributed by atoms with E-state index in [1.54, 1.807) is 20.8 Å². The summed E-state index contributed by atoms with van der Waals surface area (Å²) in [6.45, 7) is 5.59. The lowest BCUT2D eigenvalue weighted by molar-refractivity contribution is 0.192. The molecule has 15 heavy (non-hydrogen) atoms. The van der Waals surface area contributed by atoms with Crippen molar-refractivity contribution >= 4 is 21.6 Å². The van der Waals surface area contributed by atoms with Crippen LogP contribution in [0.3, 0.4) is 0 Å². The first-order valence-corrected chi connectivity index (χ1v) is 6.59. The summed E-state index contributed by atoms with van der Waals surface area (Å²) in [5, 5.41) is -0.322. The molecule has 0 N–H and O–H groups in total. The van der Waals surface area contributed by atoms with Crippen molar-refractivity contribution in [3.05, 3.63) is 0 Å². The van der Waals surface area contributed by atoms with E-state index in [0.29, 0.717) is 6.61 Å². The maximum Gasteiger partial charge on any atom is 0.218 e. The molecular weight excluding hydrogens is 238 g/mol. The zero-order chi connectivity index (χ0) is 12.3. The Morgan fingerprint density at radius 3 is 2.20 bits per heavy atom. The van der Waals surface area contributed by atoms with Crippen LogP contribution in [0.5, 0.6) is 0 Å². The zero-order valence-corrected chi connectivity index (χ0v) is 11.5. The van der Waals surface area contributed by atoms with Crippen LogP contribution in [0.25, 0.3) is 0 Å². The molecule has 0 rings (SSSR count). The number of alkyl halides is 1. The Bertz CT molecular complexity index is 284. The van der Waals surface area contributed by atoms with Crippen molar-refractivity contribution in [2.24, 2.45) is 0 Å². The second kappa shape index (κ2) is 5.48. The first-order chi connectivity index (χ1) is 6.63. The third-order valence-electron chi connectivity index (χ3n) is 1.99. The van der Waals surface area contributed by atoms with Gasteiger partial charge in [-0.1, -0.05) is 0 Å². The molecule has 0 heterocycles. The van der Waals surface area contributed by atoms with Gasteiger partial charge in [0, 0.05) is 20.7 Å². The molecule has 0 radical (unpaired) electrons. The maximum absolute atomic E-state index is 11.9. The van der Waals surface area contributed by atoms with Gasteiger partial charge in [-0.3, -0.25) is 0 Å². The molecule has 0 aliphatic carbocycles. The fourth-order valence-corrected chi connectivity index (χ4v) is 2.80. The lowest BCUT2D eigenvalue weighted by atomic mass is 10.3. The highest BCUT2D eigenvalue weighted by Crippen LogP contribution is 2.19. The van der Waals surface area contributed by atoms with E-state index in [1.165, 1.54) is 18.5 Å². The van der Waals surface area contributed by atoms with Crippen molar-refractivity contribution in [2.45, 2.75) is 30.9 Å². The highest BCUT2D eigenvalue weighted by atomic mass is 35.5. The topological polar surface area (TPSA) is 46.6 Å². The minimum atomic E-state index is -3.30. The number of halogens is 1. The molecular formula is C9H20ClNO3S. The van der Waals surface area contributed by atoms with Crippen LogP contribution in [0.1, 0.15) is 20.8 Å². The SMILES string of the molecule is COCC(Cl)CN(C)S(=O)(=O)C(C)(C)C. The quantitative estimate of drug-likeness (QED) is 0.698. The highest BCUT2D eigenvalue weighted by molar-refractivity contribution is 7.90. The van der Waals surface area contributed by atoms with Crippen LogP contribution >= 0.6 is 11.6 Å². The summed E-state index contributed by atoms with van der Waals surface area (Å²) in [5.74, 6) is 0. The molecule has 0 saturated carbocycles. The third kappa shape index (κ3) is 4.26. The molecule has 0 aromatic heterocycles. The van der Waals surface area contributed by atoms with Gasteiger partial charge in [0.1, 0.15) is 0 Å². The smallest absolute Gasteiger partial charge is 0.218 e. The van der Waals surface area contributed by atoms with Crippen molar-refractivity contribution in [3.63, 3.8) is 0 Å². The standard InChI is InChI=1S/C9H20ClNO3S/c1-9(2,3)15(12,13)11(4)6-8(10)7-14-5/h8H,6-7H2,1-5H3. The van der Waals surface area contributed by atoms with Crippen molar-refractivity contribution < 1.29 is 13.2 Å². The number of sulfonamides is 1. The van der Waals surface area contributed by atoms with Gasteiger partial charge >= 0.3 is 0 Å². The molecule has 0 saturated heterocycles. The van der Waals surface area contributed by atoms with Gasteiger partial charge in [-0.15, -0.1) is 11.6 Å². The van der Waals surface area contributed by atoms with Gasteiger partial charge in [0.2, 0.25) is 10.0 Å². The van der Waals surface area contributed by atoms with Gasteiger partial charge in [0.25, 0.3) is 0 Å². The van der Waals surface area contributed by atoms with E-state index in [4.69, 9.17) is 16.3 Å². The summed E-state index contributed by atoms with van der Waals surface area (Å²) < 4.78 is 29.2. The first kappa shape index (κ1) is 15.2. The molecule has 0 aromatic carbocycles. The molecule has 0 fully saturated rings. The van der Waals surface area contributed by atoms with Crippen LogP contribution in [0.15, 0.2) is 0 Å². The monoisotopic (exact) mass is 257 g/mol. The number of nitrogens with zero attached hydrogens (tertiary/aromatic N) is 1. The number of ether oxygens (including phenoxy) is 1. The van der Waals surface area contributed by atoms with Gasteiger partial charge in [-0.05, 0) is 20.8 Å².